The fourth-order valence-corrected chi connectivity index (χ4v) is 3.89. The van der Waals surface area contributed by atoms with Gasteiger partial charge in [0.15, 0.2) is 0 Å². The van der Waals surface area contributed by atoms with Crippen molar-refractivity contribution in [1.82, 2.24) is 5.32 Å². The molecule has 0 radical (unpaired) electrons. The molecular formula is C18H37NO. The van der Waals surface area contributed by atoms with Gasteiger partial charge in [-0.2, -0.15) is 0 Å². The molecular weight excluding hydrogens is 246 g/mol. The molecule has 1 rings (SSSR count). The molecule has 2 nitrogen and oxygen atoms in total. The molecule has 0 bridgehead atoms. The highest BCUT2D eigenvalue weighted by Crippen LogP contribution is 2.34. The third kappa shape index (κ3) is 5.04. The van der Waals surface area contributed by atoms with Crippen LogP contribution in [0.15, 0.2) is 0 Å². The van der Waals surface area contributed by atoms with E-state index in [1.165, 1.54) is 44.9 Å². The highest BCUT2D eigenvalue weighted by atomic mass is 16.5. The van der Waals surface area contributed by atoms with Crippen molar-refractivity contribution in [2.24, 2.45) is 5.92 Å². The average molecular weight is 283 g/mol. The van der Waals surface area contributed by atoms with Crippen LogP contribution >= 0.6 is 0 Å². The summed E-state index contributed by atoms with van der Waals surface area (Å²) < 4.78 is 6.27. The summed E-state index contributed by atoms with van der Waals surface area (Å²) in [5.41, 5.74) is 0.0430. The Hall–Kier alpha value is -0.0800. The van der Waals surface area contributed by atoms with Crippen molar-refractivity contribution < 1.29 is 4.74 Å². The maximum Gasteiger partial charge on any atom is 0.0829 e. The molecule has 0 aliphatic heterocycles. The van der Waals surface area contributed by atoms with Gasteiger partial charge in [-0.15, -0.1) is 0 Å². The minimum atomic E-state index is 0.0430. The van der Waals surface area contributed by atoms with Crippen molar-refractivity contribution in [1.29, 1.82) is 0 Å². The third-order valence-corrected chi connectivity index (χ3v) is 5.20. The fraction of sp³-hybridized carbons (Fsp3) is 1.00. The Morgan fingerprint density at radius 3 is 2.20 bits per heavy atom. The lowest BCUT2D eigenvalue weighted by atomic mass is 9.78. The first-order valence-electron chi connectivity index (χ1n) is 9.09. The Labute approximate surface area is 127 Å². The van der Waals surface area contributed by atoms with E-state index in [-0.39, 0.29) is 5.60 Å². The highest BCUT2D eigenvalue weighted by Gasteiger charge is 2.37. The number of hydrogen-bond donors (Lipinski definition) is 1. The molecule has 20 heavy (non-hydrogen) atoms. The molecule has 1 atom stereocenters. The van der Waals surface area contributed by atoms with Crippen LogP contribution < -0.4 is 5.32 Å². The normalized spacial score (nSPS) is 19.2. The summed E-state index contributed by atoms with van der Waals surface area (Å²) >= 11 is 0. The van der Waals surface area contributed by atoms with E-state index in [9.17, 15) is 0 Å². The molecule has 0 aromatic rings. The molecule has 120 valence electrons. The smallest absolute Gasteiger partial charge is 0.0829 e. The van der Waals surface area contributed by atoms with Gasteiger partial charge in [-0.05, 0) is 45.1 Å². The topological polar surface area (TPSA) is 21.3 Å². The van der Waals surface area contributed by atoms with Crippen LogP contribution in [0, 0.1) is 5.92 Å². The first-order valence-corrected chi connectivity index (χ1v) is 9.09. The van der Waals surface area contributed by atoms with Crippen LogP contribution in [0.3, 0.4) is 0 Å². The predicted molar refractivity (Wildman–Crippen MR) is 88.2 cm³/mol. The van der Waals surface area contributed by atoms with Crippen molar-refractivity contribution in [3.05, 3.63) is 0 Å². The van der Waals surface area contributed by atoms with E-state index in [2.05, 4.69) is 33.0 Å². The molecule has 0 aromatic heterocycles. The number of nitrogens with one attached hydrogen (secondary N) is 1. The summed E-state index contributed by atoms with van der Waals surface area (Å²) in [6, 6.07) is 0.528. The summed E-state index contributed by atoms with van der Waals surface area (Å²) in [6.07, 6.45) is 11.9. The molecule has 1 unspecified atom stereocenters. The Bertz CT molecular complexity index is 232. The molecule has 0 saturated heterocycles. The lowest BCUT2D eigenvalue weighted by Gasteiger charge is -2.42. The zero-order valence-corrected chi connectivity index (χ0v) is 14.3. The van der Waals surface area contributed by atoms with E-state index in [0.29, 0.717) is 6.04 Å². The molecule has 0 amide bonds. The van der Waals surface area contributed by atoms with E-state index < -0.39 is 0 Å². The molecule has 1 aliphatic carbocycles. The maximum atomic E-state index is 6.27. The van der Waals surface area contributed by atoms with Gasteiger partial charge in [0.2, 0.25) is 0 Å². The van der Waals surface area contributed by atoms with E-state index >= 15 is 0 Å². The minimum absolute atomic E-state index is 0.0430. The van der Waals surface area contributed by atoms with Crippen molar-refractivity contribution >= 4 is 0 Å². The van der Waals surface area contributed by atoms with Gasteiger partial charge in [-0.1, -0.05) is 52.9 Å². The third-order valence-electron chi connectivity index (χ3n) is 5.20. The van der Waals surface area contributed by atoms with Crippen molar-refractivity contribution in [3.63, 3.8) is 0 Å². The second-order valence-corrected chi connectivity index (χ2v) is 6.45. The van der Waals surface area contributed by atoms with Gasteiger partial charge in [0.25, 0.3) is 0 Å². The van der Waals surface area contributed by atoms with Crippen LogP contribution in [-0.2, 0) is 4.74 Å². The highest BCUT2D eigenvalue weighted by molar-refractivity contribution is 4.93. The van der Waals surface area contributed by atoms with Gasteiger partial charge < -0.3 is 10.1 Å². The SMILES string of the molecule is CCCNC(CC1CCCCC1)C(CC)(CC)OCC. The largest absolute Gasteiger partial charge is 0.374 e. The molecule has 0 spiro atoms. The van der Waals surface area contributed by atoms with Crippen LogP contribution in [0.1, 0.15) is 85.5 Å². The average Bonchev–Trinajstić information content (AvgIpc) is 2.50. The predicted octanol–water partition coefficient (Wildman–Crippen LogP) is 4.92. The van der Waals surface area contributed by atoms with Gasteiger partial charge in [0.1, 0.15) is 0 Å². The second kappa shape index (κ2) is 9.78. The Balaban J connectivity index is 2.72. The van der Waals surface area contributed by atoms with E-state index in [4.69, 9.17) is 4.74 Å². The molecule has 1 saturated carbocycles. The van der Waals surface area contributed by atoms with Gasteiger partial charge >= 0.3 is 0 Å². The van der Waals surface area contributed by atoms with E-state index in [1.807, 2.05) is 0 Å². The second-order valence-electron chi connectivity index (χ2n) is 6.45. The van der Waals surface area contributed by atoms with Gasteiger partial charge in [0.05, 0.1) is 5.60 Å². The van der Waals surface area contributed by atoms with E-state index in [0.717, 1.165) is 31.9 Å². The van der Waals surface area contributed by atoms with Gasteiger partial charge in [-0.3, -0.25) is 0 Å². The van der Waals surface area contributed by atoms with Gasteiger partial charge in [0, 0.05) is 12.6 Å². The first kappa shape index (κ1) is 18.0. The summed E-state index contributed by atoms with van der Waals surface area (Å²) in [6.45, 7) is 10.9. The summed E-state index contributed by atoms with van der Waals surface area (Å²) in [4.78, 5) is 0. The van der Waals surface area contributed by atoms with E-state index in [1.54, 1.807) is 0 Å². The summed E-state index contributed by atoms with van der Waals surface area (Å²) in [7, 11) is 0. The number of rotatable bonds is 10. The van der Waals surface area contributed by atoms with Crippen LogP contribution in [0.25, 0.3) is 0 Å². The van der Waals surface area contributed by atoms with Crippen molar-refractivity contribution in [2.75, 3.05) is 13.2 Å². The fourth-order valence-electron chi connectivity index (χ4n) is 3.89. The molecule has 1 fully saturated rings. The number of ether oxygens (including phenoxy) is 1. The summed E-state index contributed by atoms with van der Waals surface area (Å²) in [5.74, 6) is 0.913. The lowest BCUT2D eigenvalue weighted by Crippen LogP contribution is -2.53. The van der Waals surface area contributed by atoms with Crippen molar-refractivity contribution in [3.8, 4) is 0 Å². The molecule has 2 heteroatoms. The zero-order valence-electron chi connectivity index (χ0n) is 14.3. The minimum Gasteiger partial charge on any atom is -0.374 e. The lowest BCUT2D eigenvalue weighted by molar-refractivity contribution is -0.0776. The molecule has 1 N–H and O–H groups in total. The van der Waals surface area contributed by atoms with Crippen LogP contribution in [0.4, 0.5) is 0 Å². The van der Waals surface area contributed by atoms with Crippen LogP contribution in [-0.4, -0.2) is 24.8 Å². The Morgan fingerprint density at radius 2 is 1.70 bits per heavy atom. The standard InChI is InChI=1S/C18H37NO/c1-5-14-19-17(15-16-12-10-9-11-13-16)18(6-2,7-3)20-8-4/h16-17,19H,5-15H2,1-4H3. The van der Waals surface area contributed by atoms with Crippen LogP contribution in [0.5, 0.6) is 0 Å². The zero-order chi connectivity index (χ0) is 14.8. The molecule has 0 heterocycles. The van der Waals surface area contributed by atoms with Gasteiger partial charge in [-0.25, -0.2) is 0 Å². The first-order chi connectivity index (χ1) is 9.72. The monoisotopic (exact) mass is 283 g/mol. The molecule has 0 aromatic carbocycles. The summed E-state index contributed by atoms with van der Waals surface area (Å²) in [5, 5.41) is 3.82. The maximum absolute atomic E-state index is 6.27. The quantitative estimate of drug-likeness (QED) is 0.614. The molecule has 1 aliphatic rings. The Kier molecular flexibility index (Phi) is 8.79. The Morgan fingerprint density at radius 1 is 1.05 bits per heavy atom. The van der Waals surface area contributed by atoms with Crippen molar-refractivity contribution in [2.45, 2.75) is 97.1 Å². The van der Waals surface area contributed by atoms with Crippen LogP contribution in [0.2, 0.25) is 0 Å². The number of hydrogen-bond acceptors (Lipinski definition) is 2.